The van der Waals surface area contributed by atoms with E-state index in [1.165, 1.54) is 6.07 Å². The summed E-state index contributed by atoms with van der Waals surface area (Å²) < 4.78 is 16.7. The van der Waals surface area contributed by atoms with Crippen molar-refractivity contribution in [2.75, 3.05) is 6.61 Å². The first-order valence-corrected chi connectivity index (χ1v) is 11.4. The number of esters is 1. The zero-order chi connectivity index (χ0) is 24.2. The van der Waals surface area contributed by atoms with Crippen LogP contribution in [0.4, 0.5) is 0 Å². The number of furan rings is 1. The Kier molecular flexibility index (Phi) is 7.24. The Bertz CT molecular complexity index is 1270. The number of carbonyl (C=O) groups is 2. The molecule has 3 aromatic rings. The van der Waals surface area contributed by atoms with Gasteiger partial charge in [-0.25, -0.2) is 10.2 Å². The first-order valence-electron chi connectivity index (χ1n) is 10.7. The molecule has 1 N–H and O–H groups in total. The Balaban J connectivity index is 1.44. The average molecular weight is 501 g/mol. The SMILES string of the molecule is Cc1ccc(OC(=O)c2oc3c(c2C)/C(=N/NC(=O)COc2ccc(Cl)cc2Cl)CCC3)cc1. The molecule has 0 spiro atoms. The van der Waals surface area contributed by atoms with Crippen molar-refractivity contribution >= 4 is 40.8 Å². The molecule has 0 atom stereocenters. The second kappa shape index (κ2) is 10.3. The van der Waals surface area contributed by atoms with Crippen molar-refractivity contribution in [3.8, 4) is 11.5 Å². The summed E-state index contributed by atoms with van der Waals surface area (Å²) in [6, 6.07) is 11.9. The minimum atomic E-state index is -0.576. The molecule has 9 heteroatoms. The van der Waals surface area contributed by atoms with E-state index in [0.717, 1.165) is 17.5 Å². The van der Waals surface area contributed by atoms with Crippen molar-refractivity contribution in [2.24, 2.45) is 5.10 Å². The Morgan fingerprint density at radius 1 is 1.09 bits per heavy atom. The van der Waals surface area contributed by atoms with Crippen LogP contribution in [0.2, 0.25) is 10.0 Å². The van der Waals surface area contributed by atoms with E-state index in [2.05, 4.69) is 10.5 Å². The third kappa shape index (κ3) is 5.43. The fourth-order valence-electron chi connectivity index (χ4n) is 3.63. The number of aryl methyl sites for hydroxylation is 2. The number of amides is 1. The molecule has 0 saturated carbocycles. The van der Waals surface area contributed by atoms with Crippen LogP contribution in [-0.2, 0) is 11.2 Å². The lowest BCUT2D eigenvalue weighted by molar-refractivity contribution is -0.123. The number of ether oxygens (including phenoxy) is 2. The van der Waals surface area contributed by atoms with Gasteiger partial charge in [0.1, 0.15) is 17.3 Å². The number of halogens is 2. The zero-order valence-corrected chi connectivity index (χ0v) is 20.1. The van der Waals surface area contributed by atoms with Crippen LogP contribution in [0.5, 0.6) is 11.5 Å². The van der Waals surface area contributed by atoms with E-state index in [0.29, 0.717) is 51.4 Å². The van der Waals surface area contributed by atoms with Crippen molar-refractivity contribution in [2.45, 2.75) is 33.1 Å². The van der Waals surface area contributed by atoms with Crippen LogP contribution < -0.4 is 14.9 Å². The minimum absolute atomic E-state index is 0.132. The number of hydrazone groups is 1. The molecule has 0 saturated heterocycles. The molecule has 4 rings (SSSR count). The molecule has 0 aliphatic heterocycles. The molecule has 0 bridgehead atoms. The molecule has 7 nitrogen and oxygen atoms in total. The summed E-state index contributed by atoms with van der Waals surface area (Å²) in [5.41, 5.74) is 5.55. The summed E-state index contributed by atoms with van der Waals surface area (Å²) >= 11 is 11.9. The van der Waals surface area contributed by atoms with Crippen molar-refractivity contribution in [3.63, 3.8) is 0 Å². The van der Waals surface area contributed by atoms with E-state index in [1.807, 2.05) is 19.1 Å². The summed E-state index contributed by atoms with van der Waals surface area (Å²) in [7, 11) is 0. The third-order valence-electron chi connectivity index (χ3n) is 5.31. The predicted molar refractivity (Wildman–Crippen MR) is 129 cm³/mol. The van der Waals surface area contributed by atoms with Crippen LogP contribution in [0.1, 0.15) is 45.8 Å². The topological polar surface area (TPSA) is 90.1 Å². The summed E-state index contributed by atoms with van der Waals surface area (Å²) in [6.45, 7) is 3.46. The van der Waals surface area contributed by atoms with Crippen LogP contribution in [0.3, 0.4) is 0 Å². The van der Waals surface area contributed by atoms with Gasteiger partial charge in [-0.3, -0.25) is 4.79 Å². The average Bonchev–Trinajstić information content (AvgIpc) is 3.16. The Hall–Kier alpha value is -3.29. The largest absolute Gasteiger partial charge is 0.482 e. The van der Waals surface area contributed by atoms with E-state index in [1.54, 1.807) is 31.2 Å². The second-order valence-electron chi connectivity index (χ2n) is 7.87. The van der Waals surface area contributed by atoms with Gasteiger partial charge in [0.2, 0.25) is 5.76 Å². The number of benzene rings is 2. The molecule has 34 heavy (non-hydrogen) atoms. The third-order valence-corrected chi connectivity index (χ3v) is 5.84. The van der Waals surface area contributed by atoms with Gasteiger partial charge in [0.25, 0.3) is 5.91 Å². The maximum atomic E-state index is 12.7. The Morgan fingerprint density at radius 3 is 2.59 bits per heavy atom. The predicted octanol–water partition coefficient (Wildman–Crippen LogP) is 5.66. The molecular weight excluding hydrogens is 479 g/mol. The molecule has 1 amide bonds. The van der Waals surface area contributed by atoms with E-state index in [9.17, 15) is 9.59 Å². The Labute approximate surface area is 206 Å². The minimum Gasteiger partial charge on any atom is -0.482 e. The van der Waals surface area contributed by atoms with Crippen molar-refractivity contribution in [1.82, 2.24) is 5.43 Å². The molecule has 0 unspecified atom stereocenters. The molecular formula is C25H22Cl2N2O5. The molecule has 0 radical (unpaired) electrons. The fraction of sp³-hybridized carbons (Fsp3) is 0.240. The number of nitrogens with zero attached hydrogens (tertiary/aromatic N) is 1. The number of hydrogen-bond acceptors (Lipinski definition) is 6. The zero-order valence-electron chi connectivity index (χ0n) is 18.6. The standard InChI is InChI=1S/C25H22Cl2N2O5/c1-14-6-9-17(10-7-14)33-25(31)24-15(2)23-19(4-3-5-21(23)34-24)28-29-22(30)13-32-20-11-8-16(26)12-18(20)27/h6-12H,3-5,13H2,1-2H3,(H,29,30)/b28-19+. The monoisotopic (exact) mass is 500 g/mol. The van der Waals surface area contributed by atoms with E-state index < -0.39 is 11.9 Å². The van der Waals surface area contributed by atoms with Crippen molar-refractivity contribution in [1.29, 1.82) is 0 Å². The lowest BCUT2D eigenvalue weighted by Gasteiger charge is -2.13. The summed E-state index contributed by atoms with van der Waals surface area (Å²) in [4.78, 5) is 25.0. The van der Waals surface area contributed by atoms with Crippen molar-refractivity contribution in [3.05, 3.63) is 80.7 Å². The highest BCUT2D eigenvalue weighted by atomic mass is 35.5. The lowest BCUT2D eigenvalue weighted by Crippen LogP contribution is -2.27. The highest BCUT2D eigenvalue weighted by Gasteiger charge is 2.29. The molecule has 1 aliphatic rings. The van der Waals surface area contributed by atoms with Gasteiger partial charge in [-0.2, -0.15) is 5.10 Å². The van der Waals surface area contributed by atoms with Gasteiger partial charge in [-0.1, -0.05) is 40.9 Å². The highest BCUT2D eigenvalue weighted by molar-refractivity contribution is 6.35. The van der Waals surface area contributed by atoms with Gasteiger partial charge in [-0.05, 0) is 57.0 Å². The number of hydrogen-bond donors (Lipinski definition) is 1. The second-order valence-corrected chi connectivity index (χ2v) is 8.71. The molecule has 2 aromatic carbocycles. The van der Waals surface area contributed by atoms with Crippen LogP contribution in [-0.4, -0.2) is 24.2 Å². The molecule has 0 fully saturated rings. The molecule has 176 valence electrons. The maximum absolute atomic E-state index is 12.7. The highest BCUT2D eigenvalue weighted by Crippen LogP contribution is 2.31. The molecule has 1 aromatic heterocycles. The summed E-state index contributed by atoms with van der Waals surface area (Å²) in [5.74, 6) is 0.532. The van der Waals surface area contributed by atoms with E-state index in [4.69, 9.17) is 37.1 Å². The van der Waals surface area contributed by atoms with Gasteiger partial charge in [0, 0.05) is 22.6 Å². The van der Waals surface area contributed by atoms with Gasteiger partial charge >= 0.3 is 5.97 Å². The number of carbonyl (C=O) groups excluding carboxylic acids is 2. The van der Waals surface area contributed by atoms with E-state index in [-0.39, 0.29) is 12.4 Å². The van der Waals surface area contributed by atoms with Crippen molar-refractivity contribution < 1.29 is 23.5 Å². The number of fused-ring (bicyclic) bond motifs is 1. The van der Waals surface area contributed by atoms with Crippen LogP contribution >= 0.6 is 23.2 Å². The smallest absolute Gasteiger partial charge is 0.379 e. The van der Waals surface area contributed by atoms with Gasteiger partial charge in [0.05, 0.1) is 10.7 Å². The lowest BCUT2D eigenvalue weighted by atomic mass is 9.93. The first-order chi connectivity index (χ1) is 16.3. The number of rotatable bonds is 6. The maximum Gasteiger partial charge on any atom is 0.379 e. The van der Waals surface area contributed by atoms with E-state index >= 15 is 0 Å². The summed E-state index contributed by atoms with van der Waals surface area (Å²) in [5, 5.41) is 5.05. The van der Waals surface area contributed by atoms with Gasteiger partial charge in [-0.15, -0.1) is 0 Å². The molecule has 1 aliphatic carbocycles. The normalized spacial score (nSPS) is 13.9. The van der Waals surface area contributed by atoms with Crippen LogP contribution in [0.25, 0.3) is 0 Å². The van der Waals surface area contributed by atoms with Crippen LogP contribution in [0, 0.1) is 13.8 Å². The fourth-order valence-corrected chi connectivity index (χ4v) is 4.10. The summed E-state index contributed by atoms with van der Waals surface area (Å²) in [6.07, 6.45) is 2.07. The quantitative estimate of drug-likeness (QED) is 0.268. The van der Waals surface area contributed by atoms with Crippen LogP contribution in [0.15, 0.2) is 52.0 Å². The molecule has 1 heterocycles. The van der Waals surface area contributed by atoms with Gasteiger partial charge in [0.15, 0.2) is 6.61 Å². The van der Waals surface area contributed by atoms with Gasteiger partial charge < -0.3 is 13.9 Å². The Morgan fingerprint density at radius 2 is 1.85 bits per heavy atom. The first kappa shape index (κ1) is 23.9. The number of nitrogens with one attached hydrogen (secondary N) is 1.